The third-order valence-corrected chi connectivity index (χ3v) is 4.11. The van der Waals surface area contributed by atoms with Crippen molar-refractivity contribution in [3.05, 3.63) is 17.0 Å². The van der Waals surface area contributed by atoms with Crippen molar-refractivity contribution in [1.29, 1.82) is 0 Å². The van der Waals surface area contributed by atoms with Gasteiger partial charge in [0.2, 0.25) is 5.91 Å². The minimum atomic E-state index is -0.0908. The molecular formula is C12H16N2O2S. The number of nitrogens with one attached hydrogen (secondary N) is 1. The zero-order valence-electron chi connectivity index (χ0n) is 9.81. The summed E-state index contributed by atoms with van der Waals surface area (Å²) in [6.07, 6.45) is 3.92. The Hall–Kier alpha value is -1.36. The van der Waals surface area contributed by atoms with E-state index in [9.17, 15) is 9.59 Å². The zero-order chi connectivity index (χ0) is 12.3. The highest BCUT2D eigenvalue weighted by molar-refractivity contribution is 7.17. The number of nitrogens with zero attached hydrogens (tertiary/aromatic N) is 1. The Morgan fingerprint density at radius 1 is 1.53 bits per heavy atom. The van der Waals surface area contributed by atoms with Crippen molar-refractivity contribution < 1.29 is 9.59 Å². The maximum atomic E-state index is 11.8. The van der Waals surface area contributed by atoms with Crippen LogP contribution in [0.4, 0.5) is 5.00 Å². The predicted molar refractivity (Wildman–Crippen MR) is 68.8 cm³/mol. The average Bonchev–Trinajstić information content (AvgIpc) is 2.86. The molecule has 0 aliphatic carbocycles. The van der Waals surface area contributed by atoms with Crippen LogP contribution in [0.3, 0.4) is 0 Å². The number of carbonyl (C=O) groups excluding carboxylic acids is 2. The molecule has 1 amide bonds. The monoisotopic (exact) mass is 252 g/mol. The van der Waals surface area contributed by atoms with Gasteiger partial charge in [-0.15, -0.1) is 11.3 Å². The van der Waals surface area contributed by atoms with E-state index in [0.29, 0.717) is 4.88 Å². The van der Waals surface area contributed by atoms with Gasteiger partial charge in [-0.2, -0.15) is 0 Å². The first kappa shape index (κ1) is 12.1. The highest BCUT2D eigenvalue weighted by Crippen LogP contribution is 2.30. The summed E-state index contributed by atoms with van der Waals surface area (Å²) in [6.45, 7) is 0.886. The third-order valence-electron chi connectivity index (χ3n) is 3.06. The minimum absolute atomic E-state index is 0.0609. The lowest BCUT2D eigenvalue weighted by atomic mass is 10.0. The molecule has 1 fully saturated rings. The summed E-state index contributed by atoms with van der Waals surface area (Å²) < 4.78 is 0. The Morgan fingerprint density at radius 3 is 3.00 bits per heavy atom. The summed E-state index contributed by atoms with van der Waals surface area (Å²) in [6, 6.07) is 3.64. The second-order valence-electron chi connectivity index (χ2n) is 4.11. The molecule has 1 aliphatic heterocycles. The van der Waals surface area contributed by atoms with Crippen molar-refractivity contribution in [1.82, 2.24) is 5.32 Å². The standard InChI is InChI=1S/C12H16N2O2S/c1-13-12(16)10-4-2-3-7-14(10)11-6-5-9(8-15)17-11/h5-6,8,10H,2-4,7H2,1H3,(H,13,16). The van der Waals surface area contributed by atoms with Gasteiger partial charge in [-0.1, -0.05) is 0 Å². The molecule has 2 rings (SSSR count). The predicted octanol–water partition coefficient (Wildman–Crippen LogP) is 1.67. The summed E-state index contributed by atoms with van der Waals surface area (Å²) >= 11 is 1.45. The molecule has 17 heavy (non-hydrogen) atoms. The van der Waals surface area contributed by atoms with E-state index in [4.69, 9.17) is 0 Å². The Balaban J connectivity index is 2.20. The number of amides is 1. The van der Waals surface area contributed by atoms with E-state index in [2.05, 4.69) is 10.2 Å². The molecule has 0 radical (unpaired) electrons. The number of hydrogen-bond donors (Lipinski definition) is 1. The largest absolute Gasteiger partial charge is 0.357 e. The molecule has 0 spiro atoms. The topological polar surface area (TPSA) is 49.4 Å². The number of thiophene rings is 1. The van der Waals surface area contributed by atoms with Crippen molar-refractivity contribution in [2.75, 3.05) is 18.5 Å². The van der Waals surface area contributed by atoms with Gasteiger partial charge in [0.15, 0.2) is 6.29 Å². The first-order chi connectivity index (χ1) is 8.26. The molecular weight excluding hydrogens is 236 g/mol. The van der Waals surface area contributed by atoms with Gasteiger partial charge in [-0.25, -0.2) is 0 Å². The van der Waals surface area contributed by atoms with Crippen LogP contribution in [-0.4, -0.2) is 31.8 Å². The molecule has 1 aliphatic rings. The lowest BCUT2D eigenvalue weighted by Crippen LogP contribution is -2.48. The third kappa shape index (κ3) is 2.49. The number of piperidine rings is 1. The van der Waals surface area contributed by atoms with Crippen LogP contribution < -0.4 is 10.2 Å². The van der Waals surface area contributed by atoms with Crippen LogP contribution in [0.15, 0.2) is 12.1 Å². The van der Waals surface area contributed by atoms with Gasteiger partial charge in [0.05, 0.1) is 9.88 Å². The minimum Gasteiger partial charge on any atom is -0.357 e. The van der Waals surface area contributed by atoms with Crippen molar-refractivity contribution in [3.8, 4) is 0 Å². The van der Waals surface area contributed by atoms with Crippen molar-refractivity contribution in [3.63, 3.8) is 0 Å². The molecule has 4 nitrogen and oxygen atoms in total. The normalized spacial score (nSPS) is 20.1. The van der Waals surface area contributed by atoms with Crippen LogP contribution >= 0.6 is 11.3 Å². The fourth-order valence-corrected chi connectivity index (χ4v) is 3.09. The van der Waals surface area contributed by atoms with Gasteiger partial charge in [-0.3, -0.25) is 9.59 Å². The molecule has 1 atom stereocenters. The van der Waals surface area contributed by atoms with E-state index in [1.165, 1.54) is 11.3 Å². The van der Waals surface area contributed by atoms with Crippen molar-refractivity contribution in [2.45, 2.75) is 25.3 Å². The Morgan fingerprint density at radius 2 is 2.35 bits per heavy atom. The second kappa shape index (κ2) is 5.31. The summed E-state index contributed by atoms with van der Waals surface area (Å²) in [4.78, 5) is 25.3. The van der Waals surface area contributed by atoms with Crippen LogP contribution in [0.5, 0.6) is 0 Å². The molecule has 92 valence electrons. The summed E-state index contributed by atoms with van der Waals surface area (Å²) in [5.41, 5.74) is 0. The number of anilines is 1. The number of carbonyl (C=O) groups is 2. The van der Waals surface area contributed by atoms with E-state index in [1.807, 2.05) is 12.1 Å². The first-order valence-electron chi connectivity index (χ1n) is 5.79. The van der Waals surface area contributed by atoms with Crippen LogP contribution in [0, 0.1) is 0 Å². The highest BCUT2D eigenvalue weighted by atomic mass is 32.1. The Kier molecular flexibility index (Phi) is 3.78. The van der Waals surface area contributed by atoms with Crippen molar-refractivity contribution in [2.24, 2.45) is 0 Å². The Bertz CT molecular complexity index is 416. The number of likely N-dealkylation sites (N-methyl/N-ethyl adjacent to an activating group) is 1. The van der Waals surface area contributed by atoms with E-state index in [-0.39, 0.29) is 11.9 Å². The quantitative estimate of drug-likeness (QED) is 0.832. The second-order valence-corrected chi connectivity index (χ2v) is 5.21. The maximum Gasteiger partial charge on any atom is 0.242 e. The number of rotatable bonds is 3. The molecule has 1 saturated heterocycles. The lowest BCUT2D eigenvalue weighted by Gasteiger charge is -2.35. The molecule has 1 aromatic rings. The van der Waals surface area contributed by atoms with Gasteiger partial charge in [0, 0.05) is 13.6 Å². The van der Waals surface area contributed by atoms with Crippen molar-refractivity contribution >= 4 is 28.5 Å². The molecule has 1 N–H and O–H groups in total. The van der Waals surface area contributed by atoms with Crippen LogP contribution in [0.1, 0.15) is 28.9 Å². The molecule has 2 heterocycles. The number of aldehydes is 1. The molecule has 5 heteroatoms. The van der Waals surface area contributed by atoms with E-state index >= 15 is 0 Å². The van der Waals surface area contributed by atoms with Gasteiger partial charge < -0.3 is 10.2 Å². The average molecular weight is 252 g/mol. The highest BCUT2D eigenvalue weighted by Gasteiger charge is 2.28. The van der Waals surface area contributed by atoms with Crippen LogP contribution in [0.25, 0.3) is 0 Å². The summed E-state index contributed by atoms with van der Waals surface area (Å²) in [5, 5.41) is 3.72. The van der Waals surface area contributed by atoms with Gasteiger partial charge in [0.1, 0.15) is 6.04 Å². The van der Waals surface area contributed by atoms with Gasteiger partial charge in [0.25, 0.3) is 0 Å². The SMILES string of the molecule is CNC(=O)C1CCCCN1c1ccc(C=O)s1. The molecule has 1 aromatic heterocycles. The molecule has 0 saturated carbocycles. The smallest absolute Gasteiger partial charge is 0.242 e. The summed E-state index contributed by atoms with van der Waals surface area (Å²) in [7, 11) is 1.67. The van der Waals surface area contributed by atoms with Crippen LogP contribution in [-0.2, 0) is 4.79 Å². The van der Waals surface area contributed by atoms with E-state index in [0.717, 1.165) is 37.1 Å². The van der Waals surface area contributed by atoms with E-state index in [1.54, 1.807) is 7.05 Å². The maximum absolute atomic E-state index is 11.8. The Labute approximate surface area is 105 Å². The first-order valence-corrected chi connectivity index (χ1v) is 6.61. The fraction of sp³-hybridized carbons (Fsp3) is 0.500. The molecule has 1 unspecified atom stereocenters. The fourth-order valence-electron chi connectivity index (χ4n) is 2.19. The van der Waals surface area contributed by atoms with E-state index < -0.39 is 0 Å². The van der Waals surface area contributed by atoms with Gasteiger partial charge in [-0.05, 0) is 31.4 Å². The molecule has 0 aromatic carbocycles. The van der Waals surface area contributed by atoms with Gasteiger partial charge >= 0.3 is 0 Å². The molecule has 0 bridgehead atoms. The summed E-state index contributed by atoms with van der Waals surface area (Å²) in [5.74, 6) is 0.0609. The number of hydrogen-bond acceptors (Lipinski definition) is 4. The lowest BCUT2D eigenvalue weighted by molar-refractivity contribution is -0.122. The zero-order valence-corrected chi connectivity index (χ0v) is 10.6. The van der Waals surface area contributed by atoms with Crippen LogP contribution in [0.2, 0.25) is 0 Å².